The SMILES string of the molecule is CCCC=CC=CCCCBr. The summed E-state index contributed by atoms with van der Waals surface area (Å²) in [5.74, 6) is 0. The van der Waals surface area contributed by atoms with E-state index in [-0.39, 0.29) is 0 Å². The van der Waals surface area contributed by atoms with Crippen LogP contribution >= 0.6 is 15.9 Å². The Kier molecular flexibility index (Phi) is 9.92. The van der Waals surface area contributed by atoms with Crippen molar-refractivity contribution in [1.82, 2.24) is 0 Å². The Balaban J connectivity index is 3.14. The summed E-state index contributed by atoms with van der Waals surface area (Å²) in [7, 11) is 0. The highest BCUT2D eigenvalue weighted by atomic mass is 79.9. The van der Waals surface area contributed by atoms with Gasteiger partial charge in [0.15, 0.2) is 0 Å². The number of alkyl halides is 1. The Morgan fingerprint density at radius 2 is 1.73 bits per heavy atom. The zero-order valence-electron chi connectivity index (χ0n) is 7.22. The van der Waals surface area contributed by atoms with Crippen LogP contribution in [0.5, 0.6) is 0 Å². The van der Waals surface area contributed by atoms with E-state index < -0.39 is 0 Å². The number of allylic oxidation sites excluding steroid dienone is 4. The average molecular weight is 217 g/mol. The molecule has 0 amide bonds. The van der Waals surface area contributed by atoms with E-state index in [1.54, 1.807) is 0 Å². The third kappa shape index (κ3) is 9.96. The largest absolute Gasteiger partial charge is 0.0928 e. The smallest absolute Gasteiger partial charge is 0.00342 e. The van der Waals surface area contributed by atoms with Crippen LogP contribution in [-0.4, -0.2) is 5.33 Å². The van der Waals surface area contributed by atoms with E-state index in [1.165, 1.54) is 25.7 Å². The van der Waals surface area contributed by atoms with Crippen LogP contribution in [0.15, 0.2) is 24.3 Å². The van der Waals surface area contributed by atoms with Gasteiger partial charge < -0.3 is 0 Å². The normalized spacial score (nSPS) is 11.8. The molecule has 0 aliphatic carbocycles. The highest BCUT2D eigenvalue weighted by Gasteiger charge is 1.76. The predicted molar refractivity (Wildman–Crippen MR) is 56.2 cm³/mol. The summed E-state index contributed by atoms with van der Waals surface area (Å²) < 4.78 is 0. The monoisotopic (exact) mass is 216 g/mol. The standard InChI is InChI=1S/C10H17Br/c1-2-3-4-5-6-7-8-9-10-11/h4-7H,2-3,8-10H2,1H3. The number of hydrogen-bond donors (Lipinski definition) is 0. The van der Waals surface area contributed by atoms with Gasteiger partial charge in [-0.1, -0.05) is 53.6 Å². The van der Waals surface area contributed by atoms with Crippen molar-refractivity contribution >= 4 is 15.9 Å². The molecule has 0 radical (unpaired) electrons. The lowest BCUT2D eigenvalue weighted by Gasteiger charge is -1.84. The Hall–Kier alpha value is -0.0400. The molecular weight excluding hydrogens is 200 g/mol. The van der Waals surface area contributed by atoms with Crippen LogP contribution in [0.1, 0.15) is 32.6 Å². The molecule has 0 nitrogen and oxygen atoms in total. The quantitative estimate of drug-likeness (QED) is 0.357. The fourth-order valence-corrected chi connectivity index (χ4v) is 1.03. The van der Waals surface area contributed by atoms with Crippen LogP contribution in [0, 0.1) is 0 Å². The van der Waals surface area contributed by atoms with Gasteiger partial charge in [-0.15, -0.1) is 0 Å². The summed E-state index contributed by atoms with van der Waals surface area (Å²) in [5, 5.41) is 1.11. The number of halogens is 1. The molecular formula is C10H17Br. The Morgan fingerprint density at radius 3 is 2.27 bits per heavy atom. The van der Waals surface area contributed by atoms with E-state index in [4.69, 9.17) is 0 Å². The molecule has 0 aliphatic heterocycles. The zero-order chi connectivity index (χ0) is 8.36. The molecule has 0 unspecified atom stereocenters. The first kappa shape index (κ1) is 11.0. The number of rotatable bonds is 6. The van der Waals surface area contributed by atoms with Crippen molar-refractivity contribution in [2.45, 2.75) is 32.6 Å². The van der Waals surface area contributed by atoms with Gasteiger partial charge in [-0.25, -0.2) is 0 Å². The Morgan fingerprint density at radius 1 is 1.09 bits per heavy atom. The minimum atomic E-state index is 1.11. The molecule has 0 aromatic rings. The molecule has 0 aliphatic rings. The summed E-state index contributed by atoms with van der Waals surface area (Å²) in [4.78, 5) is 0. The molecule has 0 aromatic carbocycles. The van der Waals surface area contributed by atoms with Gasteiger partial charge in [0, 0.05) is 5.33 Å². The van der Waals surface area contributed by atoms with Gasteiger partial charge in [-0.05, 0) is 19.3 Å². The highest BCUT2D eigenvalue weighted by molar-refractivity contribution is 9.09. The minimum Gasteiger partial charge on any atom is -0.0928 e. The third-order valence-electron chi connectivity index (χ3n) is 1.34. The van der Waals surface area contributed by atoms with Crippen molar-refractivity contribution in [3.05, 3.63) is 24.3 Å². The summed E-state index contributed by atoms with van der Waals surface area (Å²) in [6, 6.07) is 0. The fourth-order valence-electron chi connectivity index (χ4n) is 0.711. The lowest BCUT2D eigenvalue weighted by atomic mass is 10.3. The van der Waals surface area contributed by atoms with E-state index >= 15 is 0 Å². The minimum absolute atomic E-state index is 1.11. The summed E-state index contributed by atoms with van der Waals surface area (Å²) in [6.07, 6.45) is 13.6. The van der Waals surface area contributed by atoms with Crippen LogP contribution in [0.3, 0.4) is 0 Å². The second kappa shape index (κ2) is 9.96. The molecule has 0 aromatic heterocycles. The number of hydrogen-bond acceptors (Lipinski definition) is 0. The van der Waals surface area contributed by atoms with Gasteiger partial charge in [0.25, 0.3) is 0 Å². The summed E-state index contributed by atoms with van der Waals surface area (Å²) in [6.45, 7) is 2.19. The lowest BCUT2D eigenvalue weighted by molar-refractivity contribution is 0.957. The molecule has 0 saturated heterocycles. The maximum atomic E-state index is 3.39. The van der Waals surface area contributed by atoms with E-state index in [2.05, 4.69) is 47.2 Å². The van der Waals surface area contributed by atoms with Crippen LogP contribution in [0.25, 0.3) is 0 Å². The van der Waals surface area contributed by atoms with E-state index in [1.807, 2.05) is 0 Å². The maximum Gasteiger partial charge on any atom is 0.00342 e. The molecule has 0 spiro atoms. The zero-order valence-corrected chi connectivity index (χ0v) is 8.81. The van der Waals surface area contributed by atoms with E-state index in [0.29, 0.717) is 0 Å². The maximum absolute atomic E-state index is 3.39. The predicted octanol–water partition coefficient (Wildman–Crippen LogP) is 4.07. The molecule has 64 valence electrons. The topological polar surface area (TPSA) is 0 Å². The van der Waals surface area contributed by atoms with Gasteiger partial charge in [-0.3, -0.25) is 0 Å². The molecule has 0 atom stereocenters. The van der Waals surface area contributed by atoms with Crippen LogP contribution in [0.2, 0.25) is 0 Å². The lowest BCUT2D eigenvalue weighted by Crippen LogP contribution is -1.68. The first-order chi connectivity index (χ1) is 5.41. The van der Waals surface area contributed by atoms with E-state index in [9.17, 15) is 0 Å². The van der Waals surface area contributed by atoms with Crippen LogP contribution in [0.4, 0.5) is 0 Å². The van der Waals surface area contributed by atoms with Crippen molar-refractivity contribution in [2.24, 2.45) is 0 Å². The van der Waals surface area contributed by atoms with Crippen molar-refractivity contribution < 1.29 is 0 Å². The molecule has 0 saturated carbocycles. The fraction of sp³-hybridized carbons (Fsp3) is 0.600. The Labute approximate surface area is 78.5 Å². The second-order valence-electron chi connectivity index (χ2n) is 2.48. The molecule has 0 fully saturated rings. The van der Waals surface area contributed by atoms with Crippen molar-refractivity contribution in [3.8, 4) is 0 Å². The van der Waals surface area contributed by atoms with Crippen molar-refractivity contribution in [2.75, 3.05) is 5.33 Å². The first-order valence-corrected chi connectivity index (χ1v) is 5.41. The molecule has 0 N–H and O–H groups in total. The van der Waals surface area contributed by atoms with Crippen molar-refractivity contribution in [3.63, 3.8) is 0 Å². The second-order valence-corrected chi connectivity index (χ2v) is 3.27. The molecule has 0 heterocycles. The summed E-state index contributed by atoms with van der Waals surface area (Å²) in [5.41, 5.74) is 0. The molecule has 11 heavy (non-hydrogen) atoms. The van der Waals surface area contributed by atoms with E-state index in [0.717, 1.165) is 5.33 Å². The van der Waals surface area contributed by atoms with Gasteiger partial charge in [0.05, 0.1) is 0 Å². The third-order valence-corrected chi connectivity index (χ3v) is 1.90. The van der Waals surface area contributed by atoms with Gasteiger partial charge >= 0.3 is 0 Å². The molecule has 0 rings (SSSR count). The van der Waals surface area contributed by atoms with Crippen molar-refractivity contribution in [1.29, 1.82) is 0 Å². The van der Waals surface area contributed by atoms with Gasteiger partial charge in [0.2, 0.25) is 0 Å². The molecule has 0 bridgehead atoms. The highest BCUT2D eigenvalue weighted by Crippen LogP contribution is 1.95. The van der Waals surface area contributed by atoms with Crippen LogP contribution < -0.4 is 0 Å². The molecule has 1 heteroatoms. The van der Waals surface area contributed by atoms with Crippen LogP contribution in [-0.2, 0) is 0 Å². The Bertz CT molecular complexity index is 114. The van der Waals surface area contributed by atoms with Gasteiger partial charge in [-0.2, -0.15) is 0 Å². The average Bonchev–Trinajstić information content (AvgIpc) is 2.03. The number of unbranched alkanes of at least 4 members (excludes halogenated alkanes) is 2. The summed E-state index contributed by atoms with van der Waals surface area (Å²) >= 11 is 3.39. The first-order valence-electron chi connectivity index (χ1n) is 4.29. The van der Waals surface area contributed by atoms with Gasteiger partial charge in [0.1, 0.15) is 0 Å².